The molecule has 27 heavy (non-hydrogen) atoms. The smallest absolute Gasteiger partial charge is 0.323 e. The third-order valence-electron chi connectivity index (χ3n) is 4.62. The van der Waals surface area contributed by atoms with Crippen molar-refractivity contribution in [1.82, 2.24) is 0 Å². The monoisotopic (exact) mass is 412 g/mol. The summed E-state index contributed by atoms with van der Waals surface area (Å²) in [6.07, 6.45) is 1.82. The zero-order valence-corrected chi connectivity index (χ0v) is 16.0. The predicted molar refractivity (Wildman–Crippen MR) is 102 cm³/mol. The van der Waals surface area contributed by atoms with Gasteiger partial charge in [-0.3, -0.25) is 0 Å². The molecular weight excluding hydrogens is 395 g/mol. The zero-order chi connectivity index (χ0) is 19.8. The molecule has 0 heterocycles. The second-order valence-corrected chi connectivity index (χ2v) is 8.93. The van der Waals surface area contributed by atoms with Crippen LogP contribution in [0.5, 0.6) is 5.75 Å². The Labute approximate surface area is 161 Å². The number of carbonyl (C=O) groups excluding carboxylic acids is 1. The summed E-state index contributed by atoms with van der Waals surface area (Å²) in [6, 6.07) is 6.08. The van der Waals surface area contributed by atoms with Gasteiger partial charge in [0.05, 0.1) is 16.0 Å². The van der Waals surface area contributed by atoms with Crippen LogP contribution < -0.4 is 10.6 Å². The summed E-state index contributed by atoms with van der Waals surface area (Å²) < 4.78 is 38.9. The van der Waals surface area contributed by atoms with E-state index < -0.39 is 32.7 Å². The Morgan fingerprint density at radius 2 is 1.85 bits per heavy atom. The van der Waals surface area contributed by atoms with Gasteiger partial charge in [0.25, 0.3) is 0 Å². The normalized spacial score (nSPS) is 14.5. The first-order valence-electron chi connectivity index (χ1n) is 8.30. The molecule has 3 N–H and O–H groups in total. The molecule has 0 unspecified atom stereocenters. The van der Waals surface area contributed by atoms with Gasteiger partial charge in [0, 0.05) is 11.3 Å². The van der Waals surface area contributed by atoms with Gasteiger partial charge in [-0.05, 0) is 44.0 Å². The minimum atomic E-state index is -3.80. The highest BCUT2D eigenvalue weighted by Crippen LogP contribution is 2.42. The number of rotatable bonds is 4. The van der Waals surface area contributed by atoms with E-state index in [1.807, 2.05) is 0 Å². The number of benzene rings is 2. The minimum Gasteiger partial charge on any atom is -0.504 e. The summed E-state index contributed by atoms with van der Waals surface area (Å²) in [5.41, 5.74) is 0.397. The van der Waals surface area contributed by atoms with Crippen LogP contribution in [0.4, 0.5) is 20.6 Å². The fourth-order valence-electron chi connectivity index (χ4n) is 2.78. The molecule has 1 fully saturated rings. The topological polar surface area (TPSA) is 95.5 Å². The van der Waals surface area contributed by atoms with Crippen LogP contribution in [-0.2, 0) is 9.84 Å². The van der Waals surface area contributed by atoms with Crippen molar-refractivity contribution >= 4 is 38.8 Å². The maximum absolute atomic E-state index is 13.6. The van der Waals surface area contributed by atoms with Gasteiger partial charge in [-0.25, -0.2) is 17.6 Å². The van der Waals surface area contributed by atoms with Gasteiger partial charge in [-0.2, -0.15) is 0 Å². The predicted octanol–water partition coefficient (Wildman–Crippen LogP) is 4.46. The van der Waals surface area contributed by atoms with Crippen LogP contribution in [0.1, 0.15) is 24.8 Å². The number of anilines is 2. The molecule has 0 radical (unpaired) electrons. The van der Waals surface area contributed by atoms with Crippen LogP contribution in [0.2, 0.25) is 5.02 Å². The lowest BCUT2D eigenvalue weighted by molar-refractivity contribution is 0.262. The van der Waals surface area contributed by atoms with Crippen LogP contribution in [0.3, 0.4) is 0 Å². The van der Waals surface area contributed by atoms with Crippen molar-refractivity contribution in [3.05, 3.63) is 46.7 Å². The zero-order valence-electron chi connectivity index (χ0n) is 14.4. The molecule has 0 aliphatic heterocycles. The van der Waals surface area contributed by atoms with E-state index in [-0.39, 0.29) is 26.9 Å². The van der Waals surface area contributed by atoms with Crippen molar-refractivity contribution in [1.29, 1.82) is 0 Å². The molecule has 0 spiro atoms. The summed E-state index contributed by atoms with van der Waals surface area (Å²) in [5, 5.41) is 14.6. The standard InChI is InChI=1S/C18H18ClFN2O4S/c1-10-13(20)6-3-7-14(10)21-18(24)22-15-9-8-12(19)17(16(15)23)27(25,26)11-4-2-5-11/h3,6-9,11,23H,2,4-5H2,1H3,(H2,21,22,24). The Morgan fingerprint density at radius 3 is 2.48 bits per heavy atom. The van der Waals surface area contributed by atoms with Crippen molar-refractivity contribution in [3.8, 4) is 5.75 Å². The highest BCUT2D eigenvalue weighted by atomic mass is 35.5. The number of hydrogen-bond donors (Lipinski definition) is 3. The summed E-state index contributed by atoms with van der Waals surface area (Å²) in [6.45, 7) is 1.51. The molecule has 0 bridgehead atoms. The maximum atomic E-state index is 13.6. The van der Waals surface area contributed by atoms with Gasteiger partial charge in [0.1, 0.15) is 10.7 Å². The lowest BCUT2D eigenvalue weighted by Crippen LogP contribution is -2.29. The van der Waals surface area contributed by atoms with Gasteiger partial charge in [0.15, 0.2) is 15.6 Å². The van der Waals surface area contributed by atoms with E-state index in [9.17, 15) is 22.7 Å². The quantitative estimate of drug-likeness (QED) is 0.646. The Morgan fingerprint density at radius 1 is 1.19 bits per heavy atom. The van der Waals surface area contributed by atoms with Crippen LogP contribution in [-0.4, -0.2) is 24.8 Å². The second kappa shape index (κ2) is 7.36. The molecule has 0 saturated heterocycles. The fraction of sp³-hybridized carbons (Fsp3) is 0.278. The van der Waals surface area contributed by atoms with E-state index >= 15 is 0 Å². The van der Waals surface area contributed by atoms with Crippen molar-refractivity contribution < 1.29 is 22.7 Å². The van der Waals surface area contributed by atoms with Crippen LogP contribution >= 0.6 is 11.6 Å². The van der Waals surface area contributed by atoms with E-state index in [2.05, 4.69) is 10.6 Å². The molecule has 0 aromatic heterocycles. The Bertz CT molecular complexity index is 1010. The molecule has 3 rings (SSSR count). The molecule has 2 aromatic carbocycles. The van der Waals surface area contributed by atoms with Crippen LogP contribution in [0.15, 0.2) is 35.2 Å². The van der Waals surface area contributed by atoms with Gasteiger partial charge >= 0.3 is 6.03 Å². The lowest BCUT2D eigenvalue weighted by atomic mass is 10.00. The summed E-state index contributed by atoms with van der Waals surface area (Å²) >= 11 is 6.01. The van der Waals surface area contributed by atoms with E-state index in [4.69, 9.17) is 11.6 Å². The molecule has 144 valence electrons. The highest BCUT2D eigenvalue weighted by molar-refractivity contribution is 7.92. The van der Waals surface area contributed by atoms with Gasteiger partial charge in [-0.15, -0.1) is 0 Å². The number of sulfone groups is 1. The molecule has 1 saturated carbocycles. The van der Waals surface area contributed by atoms with Gasteiger partial charge in [0.2, 0.25) is 0 Å². The molecule has 1 aliphatic rings. The van der Waals surface area contributed by atoms with Crippen molar-refractivity contribution in [2.75, 3.05) is 10.6 Å². The number of amides is 2. The number of halogens is 2. The van der Waals surface area contributed by atoms with Crippen LogP contribution in [0.25, 0.3) is 0 Å². The third kappa shape index (κ3) is 3.72. The Kier molecular flexibility index (Phi) is 5.30. The average molecular weight is 413 g/mol. The molecule has 9 heteroatoms. The van der Waals surface area contributed by atoms with E-state index in [1.165, 1.54) is 37.3 Å². The van der Waals surface area contributed by atoms with E-state index in [0.29, 0.717) is 12.8 Å². The van der Waals surface area contributed by atoms with Crippen molar-refractivity contribution in [2.45, 2.75) is 36.3 Å². The van der Waals surface area contributed by atoms with Crippen molar-refractivity contribution in [3.63, 3.8) is 0 Å². The number of phenolic OH excluding ortho intramolecular Hbond substituents is 1. The van der Waals surface area contributed by atoms with Crippen molar-refractivity contribution in [2.24, 2.45) is 0 Å². The van der Waals surface area contributed by atoms with Gasteiger partial charge in [-0.1, -0.05) is 24.1 Å². The summed E-state index contributed by atoms with van der Waals surface area (Å²) in [4.78, 5) is 11.8. The summed E-state index contributed by atoms with van der Waals surface area (Å²) in [7, 11) is -3.80. The first kappa shape index (κ1) is 19.4. The first-order chi connectivity index (χ1) is 12.7. The molecular formula is C18H18ClFN2O4S. The molecule has 1 aliphatic carbocycles. The summed E-state index contributed by atoms with van der Waals surface area (Å²) in [5.74, 6) is -1.09. The van der Waals surface area contributed by atoms with Crippen LogP contribution in [0, 0.1) is 12.7 Å². The molecule has 0 atom stereocenters. The molecule has 6 nitrogen and oxygen atoms in total. The molecule has 2 amide bonds. The Balaban J connectivity index is 1.86. The minimum absolute atomic E-state index is 0.105. The average Bonchev–Trinajstić information content (AvgIpc) is 2.52. The fourth-order valence-corrected chi connectivity index (χ4v) is 5.27. The lowest BCUT2D eigenvalue weighted by Gasteiger charge is -2.26. The Hall–Kier alpha value is -2.32. The van der Waals surface area contributed by atoms with E-state index in [0.717, 1.165) is 6.42 Å². The second-order valence-electron chi connectivity index (χ2n) is 6.36. The maximum Gasteiger partial charge on any atom is 0.323 e. The number of nitrogens with one attached hydrogen (secondary N) is 2. The number of aromatic hydroxyl groups is 1. The number of phenols is 1. The SMILES string of the molecule is Cc1c(F)cccc1NC(=O)Nc1ccc(Cl)c(S(=O)(=O)C2CCC2)c1O. The molecule has 2 aromatic rings. The first-order valence-corrected chi connectivity index (χ1v) is 10.2. The van der Waals surface area contributed by atoms with Gasteiger partial charge < -0.3 is 15.7 Å². The number of hydrogen-bond acceptors (Lipinski definition) is 4. The number of carbonyl (C=O) groups is 1. The number of urea groups is 1. The largest absolute Gasteiger partial charge is 0.504 e. The highest BCUT2D eigenvalue weighted by Gasteiger charge is 2.36. The van der Waals surface area contributed by atoms with E-state index in [1.54, 1.807) is 0 Å². The third-order valence-corrected chi connectivity index (χ3v) is 7.38.